The number of rotatable bonds is 5. The van der Waals surface area contributed by atoms with Gasteiger partial charge in [-0.25, -0.2) is 0 Å². The molecule has 0 aromatic rings. The molecule has 2 heteroatoms. The molecule has 108 valence electrons. The highest BCUT2D eigenvalue weighted by atomic mass is 16.3. The highest BCUT2D eigenvalue weighted by Crippen LogP contribution is 2.47. The van der Waals surface area contributed by atoms with Crippen LogP contribution in [0.4, 0.5) is 0 Å². The normalized spacial score (nSPS) is 22.8. The van der Waals surface area contributed by atoms with Crippen molar-refractivity contribution in [3.8, 4) is 0 Å². The summed E-state index contributed by atoms with van der Waals surface area (Å²) in [5, 5.41) is 9.72. The lowest BCUT2D eigenvalue weighted by Crippen LogP contribution is -2.32. The van der Waals surface area contributed by atoms with Crippen molar-refractivity contribution in [3.05, 3.63) is 23.3 Å². The van der Waals surface area contributed by atoms with Gasteiger partial charge in [0.25, 0.3) is 0 Å². The van der Waals surface area contributed by atoms with Gasteiger partial charge in [-0.05, 0) is 56.9 Å². The van der Waals surface area contributed by atoms with Crippen molar-refractivity contribution in [2.45, 2.75) is 66.4 Å². The third kappa shape index (κ3) is 3.56. The maximum atomic E-state index is 11.9. The number of carbonyl (C=O) groups excluding carboxylic acids is 1. The zero-order valence-electron chi connectivity index (χ0n) is 13.3. The fourth-order valence-electron chi connectivity index (χ4n) is 3.23. The lowest BCUT2D eigenvalue weighted by Gasteiger charge is -2.24. The van der Waals surface area contributed by atoms with E-state index in [0.717, 1.165) is 6.42 Å². The zero-order valence-corrected chi connectivity index (χ0v) is 13.3. The van der Waals surface area contributed by atoms with E-state index in [0.29, 0.717) is 17.9 Å². The van der Waals surface area contributed by atoms with Gasteiger partial charge in [-0.15, -0.1) is 0 Å². The number of Topliss-reactive ketones (excluding diaryl/α,β-unsaturated/α-hetero) is 1. The average Bonchev–Trinajstić information content (AvgIpc) is 2.43. The Balaban J connectivity index is 2.73. The maximum Gasteiger partial charge on any atom is 0.189 e. The first kappa shape index (κ1) is 16.2. The molecule has 1 unspecified atom stereocenters. The minimum atomic E-state index is -1.31. The molecule has 0 spiro atoms. The first-order valence-electron chi connectivity index (χ1n) is 7.12. The fourth-order valence-corrected chi connectivity index (χ4v) is 3.23. The van der Waals surface area contributed by atoms with Crippen LogP contribution in [0.5, 0.6) is 0 Å². The highest BCUT2D eigenvalue weighted by molar-refractivity contribution is 6.00. The number of ketones is 1. The van der Waals surface area contributed by atoms with Gasteiger partial charge in [0.2, 0.25) is 0 Å². The van der Waals surface area contributed by atoms with Gasteiger partial charge in [0.15, 0.2) is 5.78 Å². The minimum absolute atomic E-state index is 0.224. The predicted molar refractivity (Wildman–Crippen MR) is 79.9 cm³/mol. The van der Waals surface area contributed by atoms with Crippen molar-refractivity contribution < 1.29 is 9.90 Å². The van der Waals surface area contributed by atoms with Gasteiger partial charge in [-0.2, -0.15) is 0 Å². The second kappa shape index (κ2) is 5.24. The van der Waals surface area contributed by atoms with E-state index >= 15 is 0 Å². The highest BCUT2D eigenvalue weighted by Gasteiger charge is 2.35. The van der Waals surface area contributed by atoms with Crippen LogP contribution in [-0.2, 0) is 4.79 Å². The molecule has 0 heterocycles. The molecule has 1 atom stereocenters. The molecule has 0 fully saturated rings. The summed E-state index contributed by atoms with van der Waals surface area (Å²) in [7, 11) is 0. The third-order valence-electron chi connectivity index (χ3n) is 4.40. The molecule has 0 aromatic carbocycles. The number of hydrogen-bond donors (Lipinski definition) is 1. The van der Waals surface area contributed by atoms with Crippen molar-refractivity contribution in [3.63, 3.8) is 0 Å². The van der Waals surface area contributed by atoms with Crippen LogP contribution in [0, 0.1) is 11.3 Å². The van der Waals surface area contributed by atoms with Gasteiger partial charge in [-0.1, -0.05) is 38.5 Å². The SMILES string of the molecule is C=C(CCC1=C(C)C(C)CC1(C)C)C(=O)C(C)(C)O. The monoisotopic (exact) mass is 264 g/mol. The molecule has 0 amide bonds. The van der Waals surface area contributed by atoms with Crippen molar-refractivity contribution in [1.82, 2.24) is 0 Å². The molecule has 0 radical (unpaired) electrons. The summed E-state index contributed by atoms with van der Waals surface area (Å²) in [5.74, 6) is 0.387. The van der Waals surface area contributed by atoms with Crippen LogP contribution in [0.15, 0.2) is 23.3 Å². The number of aliphatic hydroxyl groups is 1. The molecule has 0 saturated carbocycles. The van der Waals surface area contributed by atoms with E-state index in [1.165, 1.54) is 31.4 Å². The maximum absolute atomic E-state index is 11.9. The van der Waals surface area contributed by atoms with Crippen LogP contribution >= 0.6 is 0 Å². The Bertz CT molecular complexity index is 419. The smallest absolute Gasteiger partial charge is 0.189 e. The minimum Gasteiger partial charge on any atom is -0.382 e. The second-order valence-electron chi connectivity index (χ2n) is 7.14. The summed E-state index contributed by atoms with van der Waals surface area (Å²) in [5.41, 5.74) is 2.38. The second-order valence-corrected chi connectivity index (χ2v) is 7.14. The standard InChI is InChI=1S/C17H28O2/c1-11(15(18)17(6,7)19)8-9-14-13(3)12(2)10-16(14,4)5/h12,19H,1,8-10H2,2-7H3. The summed E-state index contributed by atoms with van der Waals surface area (Å²) >= 11 is 0. The predicted octanol–water partition coefficient (Wildman–Crippen LogP) is 4.05. The Kier molecular flexibility index (Phi) is 4.46. The summed E-state index contributed by atoms with van der Waals surface area (Å²) < 4.78 is 0. The van der Waals surface area contributed by atoms with Crippen LogP contribution in [0.2, 0.25) is 0 Å². The van der Waals surface area contributed by atoms with Crippen LogP contribution < -0.4 is 0 Å². The van der Waals surface area contributed by atoms with Crippen molar-refractivity contribution in [1.29, 1.82) is 0 Å². The number of allylic oxidation sites excluding steroid dienone is 2. The fraction of sp³-hybridized carbons (Fsp3) is 0.706. The summed E-state index contributed by atoms with van der Waals surface area (Å²) in [4.78, 5) is 11.9. The Morgan fingerprint density at radius 3 is 2.37 bits per heavy atom. The molecule has 0 aromatic heterocycles. The van der Waals surface area contributed by atoms with E-state index in [2.05, 4.69) is 34.3 Å². The first-order chi connectivity index (χ1) is 8.47. The molecule has 1 aliphatic rings. The zero-order chi connectivity index (χ0) is 15.0. The summed E-state index contributed by atoms with van der Waals surface area (Å²) in [6, 6.07) is 0. The van der Waals surface area contributed by atoms with Gasteiger partial charge in [0.05, 0.1) is 0 Å². The van der Waals surface area contributed by atoms with Crippen LogP contribution in [0.25, 0.3) is 0 Å². The van der Waals surface area contributed by atoms with E-state index in [1.807, 2.05) is 0 Å². The lowest BCUT2D eigenvalue weighted by molar-refractivity contribution is -0.130. The molecule has 19 heavy (non-hydrogen) atoms. The van der Waals surface area contributed by atoms with Crippen molar-refractivity contribution >= 4 is 5.78 Å². The van der Waals surface area contributed by atoms with Gasteiger partial charge >= 0.3 is 0 Å². The number of hydrogen-bond acceptors (Lipinski definition) is 2. The van der Waals surface area contributed by atoms with Crippen LogP contribution in [-0.4, -0.2) is 16.5 Å². The quantitative estimate of drug-likeness (QED) is 0.601. The molecule has 2 nitrogen and oxygen atoms in total. The van der Waals surface area contributed by atoms with Gasteiger partial charge in [-0.3, -0.25) is 4.79 Å². The Morgan fingerprint density at radius 2 is 2.00 bits per heavy atom. The van der Waals surface area contributed by atoms with Gasteiger partial charge in [0, 0.05) is 0 Å². The van der Waals surface area contributed by atoms with Crippen LogP contribution in [0.1, 0.15) is 60.8 Å². The topological polar surface area (TPSA) is 37.3 Å². The van der Waals surface area contributed by atoms with Crippen LogP contribution in [0.3, 0.4) is 0 Å². The van der Waals surface area contributed by atoms with Gasteiger partial charge < -0.3 is 5.11 Å². The molecular weight excluding hydrogens is 236 g/mol. The largest absolute Gasteiger partial charge is 0.382 e. The molecule has 1 aliphatic carbocycles. The van der Waals surface area contributed by atoms with Crippen molar-refractivity contribution in [2.24, 2.45) is 11.3 Å². The average molecular weight is 264 g/mol. The molecule has 0 bridgehead atoms. The van der Waals surface area contributed by atoms with Gasteiger partial charge in [0.1, 0.15) is 5.60 Å². The van der Waals surface area contributed by atoms with E-state index in [1.54, 1.807) is 0 Å². The third-order valence-corrected chi connectivity index (χ3v) is 4.40. The first-order valence-corrected chi connectivity index (χ1v) is 7.12. The Morgan fingerprint density at radius 1 is 1.47 bits per heavy atom. The van der Waals surface area contributed by atoms with E-state index in [-0.39, 0.29) is 11.2 Å². The molecule has 1 N–H and O–H groups in total. The van der Waals surface area contributed by atoms with Crippen molar-refractivity contribution in [2.75, 3.05) is 0 Å². The summed E-state index contributed by atoms with van der Waals surface area (Å²) in [6.45, 7) is 15.9. The molecular formula is C17H28O2. The number of carbonyl (C=O) groups is 1. The molecule has 0 aliphatic heterocycles. The Labute approximate surface area is 117 Å². The van der Waals surface area contributed by atoms with E-state index in [4.69, 9.17) is 0 Å². The molecule has 1 rings (SSSR count). The molecule has 0 saturated heterocycles. The lowest BCUT2D eigenvalue weighted by atomic mass is 9.81. The Hall–Kier alpha value is -0.890. The van der Waals surface area contributed by atoms with E-state index < -0.39 is 5.60 Å². The van der Waals surface area contributed by atoms with E-state index in [9.17, 15) is 9.90 Å². The summed E-state index contributed by atoms with van der Waals surface area (Å²) in [6.07, 6.45) is 2.70.